The van der Waals surface area contributed by atoms with E-state index in [4.69, 9.17) is 9.47 Å². The molecule has 3 aromatic rings. The van der Waals surface area contributed by atoms with Crippen molar-refractivity contribution in [3.05, 3.63) is 66.1 Å². The Kier molecular flexibility index (Phi) is 5.33. The molecule has 8 heteroatoms. The molecule has 29 heavy (non-hydrogen) atoms. The number of benzene rings is 1. The SMILES string of the molecule is COc1ccc(Oc2cc(C)nc([C@H]3CCN(C(=O)c4cnccn4)C3)n2)cc1. The predicted molar refractivity (Wildman–Crippen MR) is 105 cm³/mol. The lowest BCUT2D eigenvalue weighted by molar-refractivity contribution is 0.0784. The molecule has 1 aliphatic rings. The Morgan fingerprint density at radius 2 is 1.93 bits per heavy atom. The van der Waals surface area contributed by atoms with Crippen molar-refractivity contribution >= 4 is 5.91 Å². The fraction of sp³-hybridized carbons (Fsp3) is 0.286. The monoisotopic (exact) mass is 391 g/mol. The summed E-state index contributed by atoms with van der Waals surface area (Å²) in [7, 11) is 1.62. The Labute approximate surface area is 168 Å². The van der Waals surface area contributed by atoms with Gasteiger partial charge in [-0.15, -0.1) is 0 Å². The van der Waals surface area contributed by atoms with E-state index in [9.17, 15) is 4.79 Å². The van der Waals surface area contributed by atoms with Crippen LogP contribution in [0.5, 0.6) is 17.4 Å². The van der Waals surface area contributed by atoms with Crippen molar-refractivity contribution < 1.29 is 14.3 Å². The van der Waals surface area contributed by atoms with Gasteiger partial charge in [-0.3, -0.25) is 9.78 Å². The summed E-state index contributed by atoms with van der Waals surface area (Å²) < 4.78 is 11.1. The number of carbonyl (C=O) groups excluding carboxylic acids is 1. The molecule has 148 valence electrons. The molecule has 1 aromatic carbocycles. The Morgan fingerprint density at radius 3 is 2.66 bits per heavy atom. The maximum atomic E-state index is 12.6. The third-order valence-corrected chi connectivity index (χ3v) is 4.75. The molecule has 1 aliphatic heterocycles. The highest BCUT2D eigenvalue weighted by molar-refractivity contribution is 5.92. The van der Waals surface area contributed by atoms with Gasteiger partial charge in [0.05, 0.1) is 13.3 Å². The third kappa shape index (κ3) is 4.31. The van der Waals surface area contributed by atoms with Crippen LogP contribution < -0.4 is 9.47 Å². The van der Waals surface area contributed by atoms with Gasteiger partial charge in [0.15, 0.2) is 0 Å². The van der Waals surface area contributed by atoms with Crippen LogP contribution in [0.15, 0.2) is 48.9 Å². The van der Waals surface area contributed by atoms with E-state index >= 15 is 0 Å². The molecule has 1 amide bonds. The zero-order valence-corrected chi connectivity index (χ0v) is 16.3. The van der Waals surface area contributed by atoms with E-state index in [0.717, 1.165) is 17.9 Å². The molecule has 0 N–H and O–H groups in total. The van der Waals surface area contributed by atoms with Crippen LogP contribution >= 0.6 is 0 Å². The normalized spacial score (nSPS) is 15.9. The Morgan fingerprint density at radius 1 is 1.14 bits per heavy atom. The Balaban J connectivity index is 1.48. The molecule has 1 saturated heterocycles. The smallest absolute Gasteiger partial charge is 0.274 e. The van der Waals surface area contributed by atoms with E-state index < -0.39 is 0 Å². The summed E-state index contributed by atoms with van der Waals surface area (Å²) in [4.78, 5) is 31.6. The van der Waals surface area contributed by atoms with Crippen molar-refractivity contribution in [3.63, 3.8) is 0 Å². The third-order valence-electron chi connectivity index (χ3n) is 4.75. The number of aryl methyl sites for hydroxylation is 1. The summed E-state index contributed by atoms with van der Waals surface area (Å²) in [6, 6.07) is 9.11. The summed E-state index contributed by atoms with van der Waals surface area (Å²) >= 11 is 0. The van der Waals surface area contributed by atoms with Gasteiger partial charge in [-0.05, 0) is 37.6 Å². The molecule has 1 fully saturated rings. The first-order valence-corrected chi connectivity index (χ1v) is 9.35. The van der Waals surface area contributed by atoms with Crippen molar-refractivity contribution in [1.82, 2.24) is 24.8 Å². The second-order valence-electron chi connectivity index (χ2n) is 6.81. The summed E-state index contributed by atoms with van der Waals surface area (Å²) in [5.41, 5.74) is 1.17. The van der Waals surface area contributed by atoms with Crippen LogP contribution in [0.1, 0.15) is 34.3 Å². The fourth-order valence-corrected chi connectivity index (χ4v) is 3.29. The number of hydrogen-bond donors (Lipinski definition) is 0. The second-order valence-corrected chi connectivity index (χ2v) is 6.81. The van der Waals surface area contributed by atoms with Gasteiger partial charge in [0, 0.05) is 43.2 Å². The van der Waals surface area contributed by atoms with E-state index in [1.807, 2.05) is 31.2 Å². The number of rotatable bonds is 5. The van der Waals surface area contributed by atoms with Crippen molar-refractivity contribution in [1.29, 1.82) is 0 Å². The molecule has 0 bridgehead atoms. The molecule has 0 saturated carbocycles. The number of amides is 1. The maximum Gasteiger partial charge on any atom is 0.274 e. The highest BCUT2D eigenvalue weighted by Gasteiger charge is 2.30. The van der Waals surface area contributed by atoms with E-state index in [2.05, 4.69) is 19.9 Å². The lowest BCUT2D eigenvalue weighted by Crippen LogP contribution is -2.29. The highest BCUT2D eigenvalue weighted by atomic mass is 16.5. The topological polar surface area (TPSA) is 90.3 Å². The summed E-state index contributed by atoms with van der Waals surface area (Å²) in [5.74, 6) is 2.52. The number of ether oxygens (including phenoxy) is 2. The lowest BCUT2D eigenvalue weighted by Gasteiger charge is -2.16. The van der Waals surface area contributed by atoms with Crippen molar-refractivity contribution in [2.45, 2.75) is 19.3 Å². The number of carbonyl (C=O) groups is 1. The molecule has 0 radical (unpaired) electrons. The molecule has 1 atom stereocenters. The maximum absolute atomic E-state index is 12.6. The predicted octanol–water partition coefficient (Wildman–Crippen LogP) is 3.01. The molecule has 0 spiro atoms. The zero-order chi connectivity index (χ0) is 20.2. The van der Waals surface area contributed by atoms with E-state index in [-0.39, 0.29) is 11.8 Å². The van der Waals surface area contributed by atoms with E-state index in [1.54, 1.807) is 24.3 Å². The number of hydrogen-bond acceptors (Lipinski definition) is 7. The molecular formula is C21H21N5O3. The number of methoxy groups -OCH3 is 1. The Bertz CT molecular complexity index is 995. The minimum atomic E-state index is -0.122. The van der Waals surface area contributed by atoms with Crippen LogP contribution in [0.3, 0.4) is 0 Å². The van der Waals surface area contributed by atoms with Crippen molar-refractivity contribution in [2.24, 2.45) is 0 Å². The number of aromatic nitrogens is 4. The number of likely N-dealkylation sites (tertiary alicyclic amines) is 1. The van der Waals surface area contributed by atoms with Crippen LogP contribution in [0.2, 0.25) is 0 Å². The minimum Gasteiger partial charge on any atom is -0.497 e. The zero-order valence-electron chi connectivity index (χ0n) is 16.3. The standard InChI is InChI=1S/C21H21N5O3/c1-14-11-19(29-17-5-3-16(28-2)4-6-17)25-20(24-14)15-7-10-26(13-15)21(27)18-12-22-8-9-23-18/h3-6,8-9,11-12,15H,7,10,13H2,1-2H3/t15-/m0/s1. The van der Waals surface area contributed by atoms with Crippen molar-refractivity contribution in [2.75, 3.05) is 20.2 Å². The van der Waals surface area contributed by atoms with Crippen LogP contribution in [0.4, 0.5) is 0 Å². The first-order valence-electron chi connectivity index (χ1n) is 9.35. The molecule has 4 rings (SSSR count). The highest BCUT2D eigenvalue weighted by Crippen LogP contribution is 2.29. The van der Waals surface area contributed by atoms with E-state index in [1.165, 1.54) is 12.4 Å². The van der Waals surface area contributed by atoms with Crippen LogP contribution in [0.25, 0.3) is 0 Å². The molecule has 2 aromatic heterocycles. The average Bonchev–Trinajstić information content (AvgIpc) is 3.24. The summed E-state index contributed by atoms with van der Waals surface area (Å²) in [6.45, 7) is 3.08. The number of nitrogens with zero attached hydrogens (tertiary/aromatic N) is 5. The van der Waals surface area contributed by atoms with Gasteiger partial charge in [0.2, 0.25) is 5.88 Å². The lowest BCUT2D eigenvalue weighted by atomic mass is 10.1. The first kappa shape index (κ1) is 18.8. The molecule has 3 heterocycles. The van der Waals surface area contributed by atoms with Gasteiger partial charge in [-0.1, -0.05) is 0 Å². The first-order chi connectivity index (χ1) is 14.1. The van der Waals surface area contributed by atoms with E-state index in [0.29, 0.717) is 36.2 Å². The van der Waals surface area contributed by atoms with Gasteiger partial charge >= 0.3 is 0 Å². The van der Waals surface area contributed by atoms with Gasteiger partial charge in [0.1, 0.15) is 23.0 Å². The van der Waals surface area contributed by atoms with Crippen LogP contribution in [0, 0.1) is 6.92 Å². The van der Waals surface area contributed by atoms with Crippen LogP contribution in [-0.4, -0.2) is 50.9 Å². The van der Waals surface area contributed by atoms with Crippen molar-refractivity contribution in [3.8, 4) is 17.4 Å². The molecule has 8 nitrogen and oxygen atoms in total. The van der Waals surface area contributed by atoms with Gasteiger partial charge < -0.3 is 14.4 Å². The fourth-order valence-electron chi connectivity index (χ4n) is 3.29. The second kappa shape index (κ2) is 8.22. The largest absolute Gasteiger partial charge is 0.497 e. The summed E-state index contributed by atoms with van der Waals surface area (Å²) in [6.07, 6.45) is 5.35. The van der Waals surface area contributed by atoms with Crippen LogP contribution in [-0.2, 0) is 0 Å². The average molecular weight is 391 g/mol. The quantitative estimate of drug-likeness (QED) is 0.660. The van der Waals surface area contributed by atoms with Gasteiger partial charge in [-0.25, -0.2) is 9.97 Å². The Hall–Kier alpha value is -3.55. The summed E-state index contributed by atoms with van der Waals surface area (Å²) in [5, 5.41) is 0. The van der Waals surface area contributed by atoms with Gasteiger partial charge in [0.25, 0.3) is 5.91 Å². The minimum absolute atomic E-state index is 0.0498. The molecule has 0 unspecified atom stereocenters. The molecular weight excluding hydrogens is 370 g/mol. The molecule has 0 aliphatic carbocycles. The van der Waals surface area contributed by atoms with Gasteiger partial charge in [-0.2, -0.15) is 4.98 Å².